The van der Waals surface area contributed by atoms with Crippen LogP contribution in [-0.4, -0.2) is 38.2 Å². The number of nitrogens with one attached hydrogen (secondary N) is 1. The van der Waals surface area contributed by atoms with Gasteiger partial charge in [0.05, 0.1) is 13.2 Å². The van der Waals surface area contributed by atoms with E-state index in [4.69, 9.17) is 4.74 Å². The first-order valence-corrected chi connectivity index (χ1v) is 8.52. The van der Waals surface area contributed by atoms with Crippen LogP contribution in [0.4, 0.5) is 4.39 Å². The molecule has 1 N–H and O–H groups in total. The van der Waals surface area contributed by atoms with E-state index in [-0.39, 0.29) is 17.6 Å². The molecule has 1 unspecified atom stereocenters. The molecule has 5 heteroatoms. The number of benzene rings is 2. The van der Waals surface area contributed by atoms with Crippen LogP contribution in [0.2, 0.25) is 0 Å². The van der Waals surface area contributed by atoms with E-state index < -0.39 is 0 Å². The van der Waals surface area contributed by atoms with E-state index in [1.165, 1.54) is 7.11 Å². The fourth-order valence-electron chi connectivity index (χ4n) is 3.08. The molecular weight excluding hydrogens is 359 g/mol. The summed E-state index contributed by atoms with van der Waals surface area (Å²) in [6, 6.07) is 13.5. The first-order chi connectivity index (χ1) is 11.2. The van der Waals surface area contributed by atoms with Crippen molar-refractivity contribution in [2.24, 2.45) is 0 Å². The van der Waals surface area contributed by atoms with Gasteiger partial charge in [-0.3, -0.25) is 4.90 Å². The normalized spacial score (nSPS) is 17.0. The van der Waals surface area contributed by atoms with Gasteiger partial charge in [-0.25, -0.2) is 4.39 Å². The Morgan fingerprint density at radius 2 is 1.87 bits per heavy atom. The molecule has 0 aromatic heterocycles. The lowest BCUT2D eigenvalue weighted by atomic mass is 9.96. The monoisotopic (exact) mass is 378 g/mol. The average Bonchev–Trinajstić information content (AvgIpc) is 2.56. The highest BCUT2D eigenvalue weighted by molar-refractivity contribution is 9.10. The van der Waals surface area contributed by atoms with Gasteiger partial charge in [0.25, 0.3) is 0 Å². The fraction of sp³-hybridized carbons (Fsp3) is 0.333. The third kappa shape index (κ3) is 3.74. The van der Waals surface area contributed by atoms with Crippen LogP contribution in [0.25, 0.3) is 0 Å². The largest absolute Gasteiger partial charge is 0.494 e. The molecular formula is C18H20BrFN2O. The van der Waals surface area contributed by atoms with Gasteiger partial charge in [0.15, 0.2) is 11.6 Å². The zero-order valence-corrected chi connectivity index (χ0v) is 14.6. The molecule has 3 nitrogen and oxygen atoms in total. The smallest absolute Gasteiger partial charge is 0.165 e. The Kier molecular flexibility index (Phi) is 5.30. The van der Waals surface area contributed by atoms with E-state index in [1.807, 2.05) is 18.2 Å². The maximum Gasteiger partial charge on any atom is 0.165 e. The molecule has 1 aliphatic heterocycles. The molecule has 2 aromatic carbocycles. The van der Waals surface area contributed by atoms with Crippen LogP contribution in [0.5, 0.6) is 5.75 Å². The van der Waals surface area contributed by atoms with Gasteiger partial charge in [-0.1, -0.05) is 34.1 Å². The third-order valence-corrected chi connectivity index (χ3v) is 4.67. The summed E-state index contributed by atoms with van der Waals surface area (Å²) < 4.78 is 20.3. The van der Waals surface area contributed by atoms with Crippen LogP contribution in [0, 0.1) is 5.82 Å². The summed E-state index contributed by atoms with van der Waals surface area (Å²) in [6.07, 6.45) is 0. The predicted molar refractivity (Wildman–Crippen MR) is 93.4 cm³/mol. The highest BCUT2D eigenvalue weighted by Gasteiger charge is 2.25. The molecule has 1 saturated heterocycles. The Morgan fingerprint density at radius 3 is 2.52 bits per heavy atom. The van der Waals surface area contributed by atoms with E-state index in [1.54, 1.807) is 12.1 Å². The molecule has 23 heavy (non-hydrogen) atoms. The van der Waals surface area contributed by atoms with Crippen LogP contribution in [0.15, 0.2) is 46.9 Å². The molecule has 2 aromatic rings. The van der Waals surface area contributed by atoms with Gasteiger partial charge in [-0.15, -0.1) is 0 Å². The van der Waals surface area contributed by atoms with E-state index >= 15 is 0 Å². The van der Waals surface area contributed by atoms with Crippen molar-refractivity contribution in [1.82, 2.24) is 10.2 Å². The summed E-state index contributed by atoms with van der Waals surface area (Å²) in [7, 11) is 1.49. The number of hydrogen-bond acceptors (Lipinski definition) is 3. The summed E-state index contributed by atoms with van der Waals surface area (Å²) in [6.45, 7) is 3.77. The highest BCUT2D eigenvalue weighted by atomic mass is 79.9. The van der Waals surface area contributed by atoms with Gasteiger partial charge in [0.2, 0.25) is 0 Å². The maximum atomic E-state index is 14.2. The minimum absolute atomic E-state index is 0.0370. The van der Waals surface area contributed by atoms with Crippen molar-refractivity contribution < 1.29 is 9.13 Å². The lowest BCUT2D eigenvalue weighted by Gasteiger charge is -2.35. The van der Waals surface area contributed by atoms with Crippen molar-refractivity contribution in [2.75, 3.05) is 33.3 Å². The first-order valence-electron chi connectivity index (χ1n) is 7.72. The molecule has 1 fully saturated rings. The number of ether oxygens (including phenoxy) is 1. The first kappa shape index (κ1) is 16.4. The second kappa shape index (κ2) is 7.43. The lowest BCUT2D eigenvalue weighted by molar-refractivity contribution is 0.198. The summed E-state index contributed by atoms with van der Waals surface area (Å²) in [5, 5.41) is 3.37. The van der Waals surface area contributed by atoms with Gasteiger partial charge in [-0.05, 0) is 35.4 Å². The number of methoxy groups -OCH3 is 1. The molecule has 0 saturated carbocycles. The van der Waals surface area contributed by atoms with Crippen molar-refractivity contribution in [3.05, 3.63) is 63.9 Å². The van der Waals surface area contributed by atoms with Crippen molar-refractivity contribution in [2.45, 2.75) is 6.04 Å². The standard InChI is InChI=1S/C18H20BrFN2O/c1-23-17-6-5-14(12-16(17)20)18(22-9-7-21-8-10-22)13-3-2-4-15(19)11-13/h2-6,11-12,18,21H,7-10H2,1H3. The van der Waals surface area contributed by atoms with Gasteiger partial charge in [-0.2, -0.15) is 0 Å². The van der Waals surface area contributed by atoms with Crippen LogP contribution in [0.3, 0.4) is 0 Å². The second-order valence-electron chi connectivity index (χ2n) is 5.64. The number of halogens is 2. The van der Waals surface area contributed by atoms with E-state index in [2.05, 4.69) is 38.3 Å². The van der Waals surface area contributed by atoms with Crippen LogP contribution in [-0.2, 0) is 0 Å². The minimum Gasteiger partial charge on any atom is -0.494 e. The van der Waals surface area contributed by atoms with Crippen molar-refractivity contribution in [3.63, 3.8) is 0 Å². The number of piperazine rings is 1. The van der Waals surface area contributed by atoms with Crippen molar-refractivity contribution >= 4 is 15.9 Å². The molecule has 0 radical (unpaired) electrons. The van der Waals surface area contributed by atoms with Crippen LogP contribution >= 0.6 is 15.9 Å². The van der Waals surface area contributed by atoms with E-state index in [9.17, 15) is 4.39 Å². The van der Waals surface area contributed by atoms with Crippen molar-refractivity contribution in [3.8, 4) is 5.75 Å². The third-order valence-electron chi connectivity index (χ3n) is 4.17. The molecule has 122 valence electrons. The quantitative estimate of drug-likeness (QED) is 0.879. The molecule has 1 heterocycles. The number of rotatable bonds is 4. The zero-order chi connectivity index (χ0) is 16.2. The SMILES string of the molecule is COc1ccc(C(c2cccc(Br)c2)N2CCNCC2)cc1F. The highest BCUT2D eigenvalue weighted by Crippen LogP contribution is 2.32. The molecule has 0 amide bonds. The lowest BCUT2D eigenvalue weighted by Crippen LogP contribution is -2.45. The molecule has 0 spiro atoms. The summed E-state index contributed by atoms with van der Waals surface area (Å²) in [5.41, 5.74) is 2.11. The van der Waals surface area contributed by atoms with Gasteiger partial charge in [0, 0.05) is 30.7 Å². The van der Waals surface area contributed by atoms with Crippen LogP contribution in [0.1, 0.15) is 17.2 Å². The predicted octanol–water partition coefficient (Wildman–Crippen LogP) is 3.59. The second-order valence-corrected chi connectivity index (χ2v) is 6.55. The molecule has 1 aliphatic rings. The van der Waals surface area contributed by atoms with E-state index in [0.717, 1.165) is 41.8 Å². The average molecular weight is 379 g/mol. The zero-order valence-electron chi connectivity index (χ0n) is 13.1. The fourth-order valence-corrected chi connectivity index (χ4v) is 3.50. The molecule has 1 atom stereocenters. The van der Waals surface area contributed by atoms with Crippen LogP contribution < -0.4 is 10.1 Å². The Labute approximate surface area is 144 Å². The summed E-state index contributed by atoms with van der Waals surface area (Å²) >= 11 is 3.54. The molecule has 0 bridgehead atoms. The molecule has 0 aliphatic carbocycles. The summed E-state index contributed by atoms with van der Waals surface area (Å²) in [5.74, 6) is -0.0396. The van der Waals surface area contributed by atoms with Crippen molar-refractivity contribution in [1.29, 1.82) is 0 Å². The Balaban J connectivity index is 2.02. The number of nitrogens with zero attached hydrogens (tertiary/aromatic N) is 1. The summed E-state index contributed by atoms with van der Waals surface area (Å²) in [4.78, 5) is 2.39. The number of hydrogen-bond donors (Lipinski definition) is 1. The van der Waals surface area contributed by atoms with Gasteiger partial charge in [0.1, 0.15) is 0 Å². The maximum absolute atomic E-state index is 14.2. The topological polar surface area (TPSA) is 24.5 Å². The Morgan fingerprint density at radius 1 is 1.13 bits per heavy atom. The molecule has 3 rings (SSSR count). The van der Waals surface area contributed by atoms with E-state index in [0.29, 0.717) is 0 Å². The van der Waals surface area contributed by atoms with Gasteiger partial charge >= 0.3 is 0 Å². The van der Waals surface area contributed by atoms with Gasteiger partial charge < -0.3 is 10.1 Å². The Bertz CT molecular complexity index is 674. The Hall–Kier alpha value is -1.43. The minimum atomic E-state index is -0.319.